The van der Waals surface area contributed by atoms with Gasteiger partial charge in [-0.05, 0) is 39.2 Å². The Morgan fingerprint density at radius 3 is 2.79 bits per heavy atom. The molecule has 0 saturated carbocycles. The molecular weight excluding hydrogens is 304 g/mol. The second-order valence-electron chi connectivity index (χ2n) is 6.79. The van der Waals surface area contributed by atoms with Gasteiger partial charge in [0.1, 0.15) is 17.8 Å². The highest BCUT2D eigenvalue weighted by Gasteiger charge is 2.28. The quantitative estimate of drug-likeness (QED) is 0.913. The Bertz CT molecular complexity index is 681. The number of nitrogens with one attached hydrogen (secondary N) is 1. The molecule has 2 aromatic heterocycles. The van der Waals surface area contributed by atoms with Crippen molar-refractivity contribution in [2.24, 2.45) is 0 Å². The van der Waals surface area contributed by atoms with Crippen molar-refractivity contribution in [2.45, 2.75) is 58.4 Å². The summed E-state index contributed by atoms with van der Waals surface area (Å²) >= 11 is 0. The van der Waals surface area contributed by atoms with Gasteiger partial charge in [0.05, 0.1) is 0 Å². The Hall–Kier alpha value is -2.18. The van der Waals surface area contributed by atoms with E-state index in [-0.39, 0.29) is 5.91 Å². The molecule has 24 heavy (non-hydrogen) atoms. The predicted octanol–water partition coefficient (Wildman–Crippen LogP) is 2.55. The van der Waals surface area contributed by atoms with Crippen molar-refractivity contribution >= 4 is 5.91 Å². The Kier molecular flexibility index (Phi) is 4.97. The van der Waals surface area contributed by atoms with Crippen LogP contribution in [0, 0.1) is 0 Å². The largest absolute Gasteiger partial charge is 0.337 e. The minimum absolute atomic E-state index is 0.0254. The van der Waals surface area contributed by atoms with E-state index in [9.17, 15) is 4.79 Å². The van der Waals surface area contributed by atoms with E-state index in [0.717, 1.165) is 50.3 Å². The third-order valence-electron chi connectivity index (χ3n) is 4.67. The molecule has 3 heterocycles. The molecule has 7 nitrogen and oxygen atoms in total. The number of piperidine rings is 1. The van der Waals surface area contributed by atoms with E-state index >= 15 is 0 Å². The van der Waals surface area contributed by atoms with Crippen LogP contribution in [0.5, 0.6) is 0 Å². The highest BCUT2D eigenvalue weighted by molar-refractivity contribution is 5.92. The zero-order valence-corrected chi connectivity index (χ0v) is 14.7. The monoisotopic (exact) mass is 330 g/mol. The normalized spacial score (nSPS) is 16.1. The van der Waals surface area contributed by atoms with Gasteiger partial charge < -0.3 is 9.47 Å². The van der Waals surface area contributed by atoms with Crippen LogP contribution < -0.4 is 0 Å². The third kappa shape index (κ3) is 3.34. The molecule has 0 aliphatic carbocycles. The van der Waals surface area contributed by atoms with Gasteiger partial charge in [0.15, 0.2) is 0 Å². The first-order chi connectivity index (χ1) is 11.6. The summed E-state index contributed by atoms with van der Waals surface area (Å²) in [6, 6.07) is 2.24. The van der Waals surface area contributed by atoms with Gasteiger partial charge in [-0.1, -0.05) is 13.3 Å². The number of aryl methyl sites for hydroxylation is 1. The van der Waals surface area contributed by atoms with Gasteiger partial charge in [-0.15, -0.1) is 10.2 Å². The van der Waals surface area contributed by atoms with Gasteiger partial charge in [-0.2, -0.15) is 5.10 Å². The molecule has 1 fully saturated rings. The topological polar surface area (TPSA) is 79.7 Å². The predicted molar refractivity (Wildman–Crippen MR) is 90.9 cm³/mol. The van der Waals surface area contributed by atoms with Crippen molar-refractivity contribution in [3.63, 3.8) is 0 Å². The van der Waals surface area contributed by atoms with Crippen LogP contribution in [0.4, 0.5) is 0 Å². The molecule has 3 rings (SSSR count). The number of amides is 1. The summed E-state index contributed by atoms with van der Waals surface area (Å²) in [6.07, 6.45) is 5.61. The number of likely N-dealkylation sites (tertiary alicyclic amines) is 1. The summed E-state index contributed by atoms with van der Waals surface area (Å²) in [5, 5.41) is 15.5. The Balaban J connectivity index is 1.62. The number of aromatic amines is 1. The standard InChI is InChI=1S/C17H26N6O/c1-4-5-14-10-15(20-19-14)17(24)22-8-6-13(7-9-22)16-21-18-11-23(16)12(2)3/h10-13H,4-9H2,1-3H3,(H,19,20). The lowest BCUT2D eigenvalue weighted by Crippen LogP contribution is -2.38. The van der Waals surface area contributed by atoms with Crippen LogP contribution in [0.3, 0.4) is 0 Å². The van der Waals surface area contributed by atoms with Crippen molar-refractivity contribution in [3.8, 4) is 0 Å². The first kappa shape index (κ1) is 16.7. The van der Waals surface area contributed by atoms with Gasteiger partial charge in [-0.3, -0.25) is 9.89 Å². The smallest absolute Gasteiger partial charge is 0.274 e. The molecule has 1 saturated heterocycles. The summed E-state index contributed by atoms with van der Waals surface area (Å²) < 4.78 is 2.13. The van der Waals surface area contributed by atoms with Crippen molar-refractivity contribution < 1.29 is 4.79 Å². The second kappa shape index (κ2) is 7.15. The lowest BCUT2D eigenvalue weighted by atomic mass is 9.95. The van der Waals surface area contributed by atoms with E-state index < -0.39 is 0 Å². The van der Waals surface area contributed by atoms with Crippen LogP contribution in [-0.4, -0.2) is 48.9 Å². The number of hydrogen-bond donors (Lipinski definition) is 1. The molecule has 0 radical (unpaired) electrons. The van der Waals surface area contributed by atoms with Crippen molar-refractivity contribution in [2.75, 3.05) is 13.1 Å². The minimum Gasteiger partial charge on any atom is -0.337 e. The maximum absolute atomic E-state index is 12.6. The fourth-order valence-electron chi connectivity index (χ4n) is 3.31. The molecule has 1 aliphatic rings. The first-order valence-corrected chi connectivity index (χ1v) is 8.83. The summed E-state index contributed by atoms with van der Waals surface area (Å²) in [4.78, 5) is 14.5. The second-order valence-corrected chi connectivity index (χ2v) is 6.79. The van der Waals surface area contributed by atoms with Crippen molar-refractivity contribution in [1.82, 2.24) is 29.9 Å². The van der Waals surface area contributed by atoms with Crippen LogP contribution in [0.2, 0.25) is 0 Å². The number of carbonyl (C=O) groups is 1. The highest BCUT2D eigenvalue weighted by Crippen LogP contribution is 2.28. The van der Waals surface area contributed by atoms with Gasteiger partial charge in [-0.25, -0.2) is 0 Å². The van der Waals surface area contributed by atoms with E-state index in [1.165, 1.54) is 0 Å². The lowest BCUT2D eigenvalue weighted by Gasteiger charge is -2.31. The molecule has 7 heteroatoms. The molecule has 0 aromatic carbocycles. The molecule has 2 aromatic rings. The average molecular weight is 330 g/mol. The molecule has 0 spiro atoms. The number of rotatable bonds is 5. The van der Waals surface area contributed by atoms with Crippen molar-refractivity contribution in [3.05, 3.63) is 29.6 Å². The van der Waals surface area contributed by atoms with E-state index in [0.29, 0.717) is 17.7 Å². The highest BCUT2D eigenvalue weighted by atomic mass is 16.2. The SMILES string of the molecule is CCCc1cc(C(=O)N2CCC(c3nncn3C(C)C)CC2)n[nH]1. The van der Waals surface area contributed by atoms with Crippen LogP contribution in [0.25, 0.3) is 0 Å². The molecule has 1 aliphatic heterocycles. The maximum Gasteiger partial charge on any atom is 0.274 e. The Labute approximate surface area is 142 Å². The number of H-pyrrole nitrogens is 1. The minimum atomic E-state index is 0.0254. The van der Waals surface area contributed by atoms with Gasteiger partial charge in [0, 0.05) is 30.7 Å². The van der Waals surface area contributed by atoms with E-state index in [4.69, 9.17) is 0 Å². The van der Waals surface area contributed by atoms with E-state index in [1.807, 2.05) is 11.0 Å². The lowest BCUT2D eigenvalue weighted by molar-refractivity contribution is 0.0704. The average Bonchev–Trinajstić information content (AvgIpc) is 3.24. The fraction of sp³-hybridized carbons (Fsp3) is 0.647. The van der Waals surface area contributed by atoms with Crippen LogP contribution >= 0.6 is 0 Å². The zero-order valence-electron chi connectivity index (χ0n) is 14.7. The number of carbonyl (C=O) groups excluding carboxylic acids is 1. The number of nitrogens with zero attached hydrogens (tertiary/aromatic N) is 5. The number of aromatic nitrogens is 5. The van der Waals surface area contributed by atoms with Crippen molar-refractivity contribution in [1.29, 1.82) is 0 Å². The maximum atomic E-state index is 12.6. The van der Waals surface area contributed by atoms with Gasteiger partial charge in [0.2, 0.25) is 0 Å². The molecule has 1 N–H and O–H groups in total. The number of hydrogen-bond acceptors (Lipinski definition) is 4. The Morgan fingerprint density at radius 1 is 1.38 bits per heavy atom. The van der Waals surface area contributed by atoms with Crippen LogP contribution in [0.15, 0.2) is 12.4 Å². The first-order valence-electron chi connectivity index (χ1n) is 8.83. The fourth-order valence-corrected chi connectivity index (χ4v) is 3.31. The molecule has 130 valence electrons. The third-order valence-corrected chi connectivity index (χ3v) is 4.67. The van der Waals surface area contributed by atoms with Gasteiger partial charge >= 0.3 is 0 Å². The summed E-state index contributed by atoms with van der Waals surface area (Å²) in [5.41, 5.74) is 1.56. The summed E-state index contributed by atoms with van der Waals surface area (Å²) in [6.45, 7) is 7.87. The van der Waals surface area contributed by atoms with Crippen LogP contribution in [0.1, 0.15) is 74.0 Å². The van der Waals surface area contributed by atoms with E-state index in [2.05, 4.69) is 45.7 Å². The zero-order chi connectivity index (χ0) is 17.1. The summed E-state index contributed by atoms with van der Waals surface area (Å²) in [5.74, 6) is 1.44. The molecular formula is C17H26N6O. The molecule has 0 unspecified atom stereocenters. The molecule has 0 bridgehead atoms. The van der Waals surface area contributed by atoms with Gasteiger partial charge in [0.25, 0.3) is 5.91 Å². The van der Waals surface area contributed by atoms with Crippen LogP contribution in [-0.2, 0) is 6.42 Å². The molecule has 1 amide bonds. The Morgan fingerprint density at radius 2 is 2.12 bits per heavy atom. The summed E-state index contributed by atoms with van der Waals surface area (Å²) in [7, 11) is 0. The van der Waals surface area contributed by atoms with E-state index in [1.54, 1.807) is 6.33 Å². The molecule has 0 atom stereocenters.